The van der Waals surface area contributed by atoms with Gasteiger partial charge >= 0.3 is 16.4 Å². The van der Waals surface area contributed by atoms with Gasteiger partial charge in [-0.25, -0.2) is 4.18 Å². The quantitative estimate of drug-likeness (QED) is 0.0200. The van der Waals surface area contributed by atoms with Crippen LogP contribution in [0.25, 0.3) is 0 Å². The van der Waals surface area contributed by atoms with Gasteiger partial charge in [0, 0.05) is 13.0 Å². The fourth-order valence-electron chi connectivity index (χ4n) is 6.76. The largest absolute Gasteiger partial charge is 0.457 e. The van der Waals surface area contributed by atoms with Crippen LogP contribution in [0.1, 0.15) is 181 Å². The van der Waals surface area contributed by atoms with Gasteiger partial charge in [0.05, 0.1) is 19.8 Å². The molecule has 0 saturated carbocycles. The molecule has 58 heavy (non-hydrogen) atoms. The van der Waals surface area contributed by atoms with Gasteiger partial charge in [0.25, 0.3) is 0 Å². The molecule has 1 aliphatic rings. The number of rotatable bonds is 39. The summed E-state index contributed by atoms with van der Waals surface area (Å²) in [5.41, 5.74) is 0. The summed E-state index contributed by atoms with van der Waals surface area (Å²) >= 11 is 0. The predicted octanol–water partition coefficient (Wildman–Crippen LogP) is 9.41. The normalized spacial score (nSPS) is 20.8. The minimum atomic E-state index is -5.06. The predicted molar refractivity (Wildman–Crippen MR) is 230 cm³/mol. The molecular formula is C45H82O12S. The van der Waals surface area contributed by atoms with Crippen LogP contribution in [-0.2, 0) is 38.3 Å². The summed E-state index contributed by atoms with van der Waals surface area (Å²) in [5.74, 6) is -0.415. The summed E-state index contributed by atoms with van der Waals surface area (Å²) in [6.07, 6.45) is 33.2. The molecule has 13 heteroatoms. The average molecular weight is 847 g/mol. The summed E-state index contributed by atoms with van der Waals surface area (Å²) in [5, 5.41) is 30.6. The summed E-state index contributed by atoms with van der Waals surface area (Å²) in [6.45, 7) is 3.89. The van der Waals surface area contributed by atoms with E-state index in [9.17, 15) is 28.5 Å². The fraction of sp³-hybridized carbons (Fsp3) is 0.844. The monoisotopic (exact) mass is 847 g/mol. The number of ether oxygens (including phenoxy) is 4. The van der Waals surface area contributed by atoms with Crippen LogP contribution in [-0.4, -0.2) is 97.5 Å². The van der Waals surface area contributed by atoms with E-state index in [0.717, 1.165) is 64.2 Å². The molecule has 1 saturated heterocycles. The molecule has 0 aromatic rings. The number of hydrogen-bond donors (Lipinski definition) is 4. The van der Waals surface area contributed by atoms with Gasteiger partial charge in [-0.1, -0.05) is 147 Å². The van der Waals surface area contributed by atoms with Crippen molar-refractivity contribution in [2.75, 3.05) is 26.4 Å². The second kappa shape index (κ2) is 37.1. The van der Waals surface area contributed by atoms with E-state index in [4.69, 9.17) is 23.5 Å². The van der Waals surface area contributed by atoms with Crippen molar-refractivity contribution in [1.82, 2.24) is 0 Å². The maximum absolute atomic E-state index is 12.8. The highest BCUT2D eigenvalue weighted by Gasteiger charge is 2.48. The highest BCUT2D eigenvalue weighted by molar-refractivity contribution is 7.80. The van der Waals surface area contributed by atoms with Gasteiger partial charge in [-0.3, -0.25) is 9.35 Å². The van der Waals surface area contributed by atoms with Gasteiger partial charge in [-0.05, 0) is 64.2 Å². The van der Waals surface area contributed by atoms with Crippen molar-refractivity contribution in [2.45, 2.75) is 218 Å². The lowest BCUT2D eigenvalue weighted by atomic mass is 9.99. The van der Waals surface area contributed by atoms with Crippen molar-refractivity contribution in [3.05, 3.63) is 36.5 Å². The molecule has 4 N–H and O–H groups in total. The number of aliphatic hydroxyl groups excluding tert-OH is 3. The van der Waals surface area contributed by atoms with Crippen LogP contribution in [0.4, 0.5) is 0 Å². The molecule has 1 heterocycles. The van der Waals surface area contributed by atoms with Gasteiger partial charge in [0.2, 0.25) is 0 Å². The molecule has 0 spiro atoms. The number of aliphatic hydroxyl groups is 3. The van der Waals surface area contributed by atoms with Gasteiger partial charge in [0.1, 0.15) is 30.5 Å². The number of carbonyl (C=O) groups excluding carboxylic acids is 1. The van der Waals surface area contributed by atoms with Crippen molar-refractivity contribution >= 4 is 16.4 Å². The van der Waals surface area contributed by atoms with Crippen LogP contribution in [0, 0.1) is 0 Å². The molecule has 0 radical (unpaired) electrons. The minimum absolute atomic E-state index is 0.0286. The number of unbranched alkanes of at least 4 members (excludes halogenated alkanes) is 20. The van der Waals surface area contributed by atoms with E-state index in [0.29, 0.717) is 13.0 Å². The third-order valence-corrected chi connectivity index (χ3v) is 10.7. The lowest BCUT2D eigenvalue weighted by Gasteiger charge is -2.41. The maximum Gasteiger partial charge on any atom is 0.397 e. The average Bonchev–Trinajstić information content (AvgIpc) is 3.19. The molecule has 0 aromatic heterocycles. The summed E-state index contributed by atoms with van der Waals surface area (Å²) in [6, 6.07) is 0. The Morgan fingerprint density at radius 1 is 0.655 bits per heavy atom. The second-order valence-electron chi connectivity index (χ2n) is 15.6. The Balaban J connectivity index is 2.42. The zero-order valence-electron chi connectivity index (χ0n) is 36.1. The van der Waals surface area contributed by atoms with Crippen LogP contribution >= 0.6 is 0 Å². The molecule has 6 unspecified atom stereocenters. The summed E-state index contributed by atoms with van der Waals surface area (Å²) in [4.78, 5) is 12.8. The highest BCUT2D eigenvalue weighted by Crippen LogP contribution is 2.26. The molecule has 0 aromatic carbocycles. The lowest BCUT2D eigenvalue weighted by Crippen LogP contribution is -2.60. The topological polar surface area (TPSA) is 178 Å². The van der Waals surface area contributed by atoms with Crippen molar-refractivity contribution in [3.8, 4) is 0 Å². The fourth-order valence-corrected chi connectivity index (χ4v) is 7.27. The van der Waals surface area contributed by atoms with Crippen LogP contribution in [0.5, 0.6) is 0 Å². The first-order chi connectivity index (χ1) is 28.1. The molecule has 340 valence electrons. The minimum Gasteiger partial charge on any atom is -0.457 e. The first-order valence-electron chi connectivity index (χ1n) is 22.7. The molecular weight excluding hydrogens is 765 g/mol. The van der Waals surface area contributed by atoms with Crippen LogP contribution in [0.2, 0.25) is 0 Å². The number of esters is 1. The molecule has 0 amide bonds. The van der Waals surface area contributed by atoms with E-state index in [1.165, 1.54) is 89.9 Å². The van der Waals surface area contributed by atoms with E-state index < -0.39 is 59.8 Å². The van der Waals surface area contributed by atoms with Crippen LogP contribution in [0.15, 0.2) is 36.5 Å². The molecule has 1 aliphatic heterocycles. The van der Waals surface area contributed by atoms with E-state index >= 15 is 0 Å². The number of allylic oxidation sites excluding steroid dienone is 6. The SMILES string of the molecule is CCC/C=C\C/C=C\CCCCCCCC(=O)OC(COCCCCCCCCCC/C=C\CCCCCCCC)COC1OC(CO)C(O)C(OS(=O)(=O)O)C1O. The maximum atomic E-state index is 12.8. The van der Waals surface area contributed by atoms with Crippen molar-refractivity contribution in [1.29, 1.82) is 0 Å². The molecule has 1 fully saturated rings. The number of hydrogen-bond acceptors (Lipinski definition) is 11. The molecule has 0 aliphatic carbocycles. The van der Waals surface area contributed by atoms with Gasteiger partial charge in [0.15, 0.2) is 6.29 Å². The molecule has 1 rings (SSSR count). The van der Waals surface area contributed by atoms with Gasteiger partial charge in [-0.2, -0.15) is 8.42 Å². The Morgan fingerprint density at radius 2 is 1.17 bits per heavy atom. The third kappa shape index (κ3) is 30.4. The summed E-state index contributed by atoms with van der Waals surface area (Å²) < 4.78 is 59.0. The Bertz CT molecular complexity index is 1160. The second-order valence-corrected chi connectivity index (χ2v) is 16.7. The molecule has 6 atom stereocenters. The Labute approximate surface area is 352 Å². The Hall–Kier alpha value is -1.68. The molecule has 12 nitrogen and oxygen atoms in total. The number of carbonyl (C=O) groups is 1. The van der Waals surface area contributed by atoms with E-state index in [1.807, 2.05) is 0 Å². The first kappa shape index (κ1) is 54.3. The van der Waals surface area contributed by atoms with Crippen molar-refractivity contribution in [2.24, 2.45) is 0 Å². The standard InChI is InChI=1S/C45H82O12S/c1-3-5-7-9-11-13-15-17-18-19-20-21-23-25-27-29-31-33-35-53-37-39(38-54-45-43(49)44(57-58(50,51)52)42(48)40(36-46)56-45)55-41(47)34-32-30-28-26-24-22-16-14-12-10-8-6-4-2/h8,10,14,16-18,39-40,42-46,48-49H,3-7,9,11-13,15,19-38H2,1-2H3,(H,50,51,52)/b10-8-,16-14-,18-17-. The van der Waals surface area contributed by atoms with Crippen molar-refractivity contribution < 1.29 is 56.2 Å². The lowest BCUT2D eigenvalue weighted by molar-refractivity contribution is -0.301. The zero-order chi connectivity index (χ0) is 42.5. The Morgan fingerprint density at radius 3 is 1.72 bits per heavy atom. The summed E-state index contributed by atoms with van der Waals surface area (Å²) in [7, 11) is -5.06. The zero-order valence-corrected chi connectivity index (χ0v) is 36.9. The van der Waals surface area contributed by atoms with Gasteiger partial charge in [-0.15, -0.1) is 0 Å². The van der Waals surface area contributed by atoms with Crippen molar-refractivity contribution in [3.63, 3.8) is 0 Å². The van der Waals surface area contributed by atoms with E-state index in [1.54, 1.807) is 0 Å². The molecule has 0 bridgehead atoms. The van der Waals surface area contributed by atoms with Crippen LogP contribution < -0.4 is 0 Å². The first-order valence-corrected chi connectivity index (χ1v) is 24.1. The van der Waals surface area contributed by atoms with E-state index in [-0.39, 0.29) is 19.6 Å². The highest BCUT2D eigenvalue weighted by atomic mass is 32.3. The van der Waals surface area contributed by atoms with Crippen LogP contribution in [0.3, 0.4) is 0 Å². The Kier molecular flexibility index (Phi) is 34.8. The van der Waals surface area contributed by atoms with Gasteiger partial charge < -0.3 is 34.3 Å². The van der Waals surface area contributed by atoms with E-state index in [2.05, 4.69) is 54.5 Å². The third-order valence-electron chi connectivity index (χ3n) is 10.2. The smallest absolute Gasteiger partial charge is 0.397 e.